The molecule has 0 unspecified atom stereocenters. The number of rotatable bonds is 1. The van der Waals surface area contributed by atoms with Gasteiger partial charge < -0.3 is 9.84 Å². The molecule has 0 atom stereocenters. The summed E-state index contributed by atoms with van der Waals surface area (Å²) in [5.41, 5.74) is 0.768. The second-order valence-electron chi connectivity index (χ2n) is 7.35. The lowest BCUT2D eigenvalue weighted by molar-refractivity contribution is 0.0682. The van der Waals surface area contributed by atoms with E-state index in [1.54, 1.807) is 20.8 Å². The number of benzene rings is 1. The van der Waals surface area contributed by atoms with E-state index in [0.717, 1.165) is 5.56 Å². The Morgan fingerprint density at radius 2 is 1.74 bits per heavy atom. The van der Waals surface area contributed by atoms with Gasteiger partial charge in [-0.05, 0) is 75.5 Å². The van der Waals surface area contributed by atoms with E-state index in [9.17, 15) is 14.7 Å². The predicted molar refractivity (Wildman–Crippen MR) is 92.9 cm³/mol. The molecule has 0 saturated heterocycles. The van der Waals surface area contributed by atoms with Crippen molar-refractivity contribution in [1.82, 2.24) is 0 Å². The van der Waals surface area contributed by atoms with E-state index in [2.05, 4.69) is 15.9 Å². The number of nitrogens with zero attached hydrogens (tertiary/aromatic N) is 1. The first-order valence-electron chi connectivity index (χ1n) is 7.40. The molecule has 2 rings (SSSR count). The molecule has 1 aliphatic rings. The summed E-state index contributed by atoms with van der Waals surface area (Å²) in [5.74, 6) is 0.365. The van der Waals surface area contributed by atoms with Crippen molar-refractivity contribution in [2.45, 2.75) is 59.6 Å². The lowest BCUT2D eigenvalue weighted by Gasteiger charge is -2.36. The topological polar surface area (TPSA) is 66.8 Å². The number of carboxylic acid groups (broad SMARTS) is 1. The number of hydrogen-bond donors (Lipinski definition) is 1. The summed E-state index contributed by atoms with van der Waals surface area (Å²) in [7, 11) is 0. The van der Waals surface area contributed by atoms with E-state index < -0.39 is 17.2 Å². The Kier molecular flexibility index (Phi) is 4.04. The number of Topliss-reactive ketones (excluding diaryl/α,β-unsaturated/α-hetero) is 1. The molecule has 0 bridgehead atoms. The Labute approximate surface area is 144 Å². The van der Waals surface area contributed by atoms with Crippen LogP contribution in [0.25, 0.3) is 0 Å². The standard InChI is InChI=1S/C17H22BrNO4/c1-8-10-13(23-17(6,7)14(10)20)11(18)9(2)12(8)19(15(21)22)16(3,4)5/h1-7H3,(H,21,22). The van der Waals surface area contributed by atoms with Crippen molar-refractivity contribution in [3.8, 4) is 5.75 Å². The van der Waals surface area contributed by atoms with Crippen molar-refractivity contribution in [2.24, 2.45) is 0 Å². The molecule has 0 saturated carbocycles. The minimum atomic E-state index is -1.05. The van der Waals surface area contributed by atoms with Crippen LogP contribution in [-0.4, -0.2) is 28.1 Å². The van der Waals surface area contributed by atoms with E-state index in [0.29, 0.717) is 27.0 Å². The van der Waals surface area contributed by atoms with E-state index in [4.69, 9.17) is 4.74 Å². The Morgan fingerprint density at radius 1 is 1.22 bits per heavy atom. The van der Waals surface area contributed by atoms with Gasteiger partial charge in [0.1, 0.15) is 5.75 Å². The molecule has 0 aliphatic carbocycles. The minimum Gasteiger partial charge on any atom is -0.478 e. The molecular formula is C17H22BrNO4. The smallest absolute Gasteiger partial charge is 0.412 e. The monoisotopic (exact) mass is 383 g/mol. The molecule has 23 heavy (non-hydrogen) atoms. The van der Waals surface area contributed by atoms with Crippen LogP contribution in [0.4, 0.5) is 10.5 Å². The van der Waals surface area contributed by atoms with E-state index >= 15 is 0 Å². The van der Waals surface area contributed by atoms with Crippen molar-refractivity contribution in [3.63, 3.8) is 0 Å². The van der Waals surface area contributed by atoms with Gasteiger partial charge >= 0.3 is 6.09 Å². The van der Waals surface area contributed by atoms with Crippen molar-refractivity contribution in [1.29, 1.82) is 0 Å². The number of hydrogen-bond acceptors (Lipinski definition) is 3. The van der Waals surface area contributed by atoms with Gasteiger partial charge in [-0.15, -0.1) is 0 Å². The Bertz CT molecular complexity index is 717. The first kappa shape index (κ1) is 17.8. The van der Waals surface area contributed by atoms with Crippen LogP contribution >= 0.6 is 15.9 Å². The minimum absolute atomic E-state index is 0.133. The third kappa shape index (κ3) is 2.63. The van der Waals surface area contributed by atoms with Gasteiger partial charge in [0.05, 0.1) is 15.7 Å². The second kappa shape index (κ2) is 5.23. The SMILES string of the molecule is Cc1c(Br)c2c(c(C)c1N(C(=O)O)C(C)(C)C)C(=O)C(C)(C)O2. The fraction of sp³-hybridized carbons (Fsp3) is 0.529. The van der Waals surface area contributed by atoms with Crippen molar-refractivity contribution >= 4 is 33.5 Å². The van der Waals surface area contributed by atoms with Gasteiger partial charge in [-0.1, -0.05) is 0 Å². The zero-order valence-corrected chi connectivity index (χ0v) is 16.1. The number of amides is 1. The van der Waals surface area contributed by atoms with E-state index in [-0.39, 0.29) is 5.78 Å². The van der Waals surface area contributed by atoms with Gasteiger partial charge in [0, 0.05) is 5.54 Å². The third-order valence-corrected chi connectivity index (χ3v) is 5.01. The van der Waals surface area contributed by atoms with Crippen molar-refractivity contribution in [3.05, 3.63) is 21.2 Å². The lowest BCUT2D eigenvalue weighted by Crippen LogP contribution is -2.46. The maximum absolute atomic E-state index is 12.7. The maximum atomic E-state index is 12.7. The maximum Gasteiger partial charge on any atom is 0.412 e. The second-order valence-corrected chi connectivity index (χ2v) is 8.14. The summed E-state index contributed by atoms with van der Waals surface area (Å²) in [5, 5.41) is 9.71. The van der Waals surface area contributed by atoms with Crippen LogP contribution in [0.3, 0.4) is 0 Å². The highest BCUT2D eigenvalue weighted by Crippen LogP contribution is 2.48. The van der Waals surface area contributed by atoms with Gasteiger partial charge in [-0.2, -0.15) is 0 Å². The average Bonchev–Trinajstić information content (AvgIpc) is 2.61. The molecule has 126 valence electrons. The molecule has 6 heteroatoms. The number of fused-ring (bicyclic) bond motifs is 1. The van der Waals surface area contributed by atoms with Crippen molar-refractivity contribution in [2.75, 3.05) is 4.90 Å². The first-order valence-corrected chi connectivity index (χ1v) is 8.19. The number of anilines is 1. The molecule has 1 N–H and O–H groups in total. The molecule has 1 aromatic rings. The molecule has 5 nitrogen and oxygen atoms in total. The number of ether oxygens (including phenoxy) is 1. The highest BCUT2D eigenvalue weighted by Gasteiger charge is 2.44. The number of halogens is 1. The summed E-state index contributed by atoms with van der Waals surface area (Å²) in [6.45, 7) is 12.5. The van der Waals surface area contributed by atoms with Crippen LogP contribution < -0.4 is 9.64 Å². The van der Waals surface area contributed by atoms with E-state index in [1.165, 1.54) is 4.90 Å². The summed E-state index contributed by atoms with van der Waals surface area (Å²) in [6.07, 6.45) is -1.05. The number of carbonyl (C=O) groups excluding carboxylic acids is 1. The molecule has 1 aromatic carbocycles. The van der Waals surface area contributed by atoms with Crippen LogP contribution in [0.1, 0.15) is 56.1 Å². The fourth-order valence-electron chi connectivity index (χ4n) is 2.98. The summed E-state index contributed by atoms with van der Waals surface area (Å²) in [6, 6.07) is 0. The summed E-state index contributed by atoms with van der Waals surface area (Å²) in [4.78, 5) is 25.9. The van der Waals surface area contributed by atoms with Gasteiger partial charge in [0.15, 0.2) is 5.60 Å². The highest BCUT2D eigenvalue weighted by atomic mass is 79.9. The number of carbonyl (C=O) groups is 2. The largest absolute Gasteiger partial charge is 0.478 e. The lowest BCUT2D eigenvalue weighted by atomic mass is 9.92. The van der Waals surface area contributed by atoms with Crippen LogP contribution in [0.2, 0.25) is 0 Å². The molecule has 1 aliphatic heterocycles. The molecule has 0 radical (unpaired) electrons. The zero-order chi connectivity index (χ0) is 17.9. The molecule has 0 aromatic heterocycles. The quantitative estimate of drug-likeness (QED) is 0.762. The summed E-state index contributed by atoms with van der Waals surface area (Å²) >= 11 is 3.48. The van der Waals surface area contributed by atoms with Gasteiger partial charge in [0.25, 0.3) is 0 Å². The number of ketones is 1. The van der Waals surface area contributed by atoms with E-state index in [1.807, 2.05) is 27.7 Å². The average molecular weight is 384 g/mol. The van der Waals surface area contributed by atoms with Crippen LogP contribution in [-0.2, 0) is 0 Å². The molecule has 0 fully saturated rings. The first-order chi connectivity index (χ1) is 10.3. The highest BCUT2D eigenvalue weighted by molar-refractivity contribution is 9.10. The third-order valence-electron chi connectivity index (χ3n) is 4.06. The predicted octanol–water partition coefficient (Wildman–Crippen LogP) is 4.70. The van der Waals surface area contributed by atoms with Crippen LogP contribution in [0.5, 0.6) is 5.75 Å². The zero-order valence-electron chi connectivity index (χ0n) is 14.5. The van der Waals surface area contributed by atoms with Crippen molar-refractivity contribution < 1.29 is 19.4 Å². The van der Waals surface area contributed by atoms with Gasteiger partial charge in [0.2, 0.25) is 5.78 Å². The van der Waals surface area contributed by atoms with Gasteiger partial charge in [-0.3, -0.25) is 9.69 Å². The molecular weight excluding hydrogens is 362 g/mol. The normalized spacial score (nSPS) is 16.1. The Hall–Kier alpha value is -1.56. The molecule has 1 heterocycles. The van der Waals surface area contributed by atoms with Crippen LogP contribution in [0, 0.1) is 13.8 Å². The summed E-state index contributed by atoms with van der Waals surface area (Å²) < 4.78 is 6.44. The van der Waals surface area contributed by atoms with Gasteiger partial charge in [-0.25, -0.2) is 4.79 Å². The fourth-order valence-corrected chi connectivity index (χ4v) is 3.45. The Morgan fingerprint density at radius 3 is 2.17 bits per heavy atom. The van der Waals surface area contributed by atoms with Crippen LogP contribution in [0.15, 0.2) is 4.47 Å². The Balaban J connectivity index is 2.85. The molecule has 0 spiro atoms. The molecule has 1 amide bonds.